The van der Waals surface area contributed by atoms with Crippen molar-refractivity contribution in [3.63, 3.8) is 0 Å². The van der Waals surface area contributed by atoms with Crippen LogP contribution in [0.1, 0.15) is 23.7 Å². The smallest absolute Gasteiger partial charge is 0.335 e. The van der Waals surface area contributed by atoms with Gasteiger partial charge in [0.25, 0.3) is 0 Å². The summed E-state index contributed by atoms with van der Waals surface area (Å²) in [5.74, 6) is -0.532. The lowest BCUT2D eigenvalue weighted by molar-refractivity contribution is -0.271. The molecule has 9 heteroatoms. The molecule has 6 atom stereocenters. The van der Waals surface area contributed by atoms with Crippen LogP contribution in [0.3, 0.4) is 0 Å². The zero-order valence-electron chi connectivity index (χ0n) is 17.9. The molecule has 2 aromatic rings. The third kappa shape index (κ3) is 5.56. The number of carbonyl (C=O) groups is 1. The first-order chi connectivity index (χ1) is 15.3. The Morgan fingerprint density at radius 3 is 2.44 bits per heavy atom. The molecule has 0 saturated carbocycles. The van der Waals surface area contributed by atoms with Crippen molar-refractivity contribution >= 4 is 5.97 Å². The van der Waals surface area contributed by atoms with Gasteiger partial charge in [-0.2, -0.15) is 0 Å². The highest BCUT2D eigenvalue weighted by Gasteiger charge is 2.48. The highest BCUT2D eigenvalue weighted by molar-refractivity contribution is 5.73. The maximum atomic E-state index is 11.3. The molecular weight excluding hydrogens is 418 g/mol. The largest absolute Gasteiger partial charge is 0.485 e. The van der Waals surface area contributed by atoms with Crippen LogP contribution in [0.15, 0.2) is 48.5 Å². The van der Waals surface area contributed by atoms with E-state index in [4.69, 9.17) is 19.3 Å². The third-order valence-corrected chi connectivity index (χ3v) is 5.31. The van der Waals surface area contributed by atoms with Gasteiger partial charge < -0.3 is 40.0 Å². The van der Waals surface area contributed by atoms with E-state index in [1.807, 2.05) is 44.3 Å². The van der Waals surface area contributed by atoms with Crippen LogP contribution in [-0.4, -0.2) is 70.7 Å². The second-order valence-electron chi connectivity index (χ2n) is 7.69. The van der Waals surface area contributed by atoms with Crippen molar-refractivity contribution in [3.05, 3.63) is 59.7 Å². The summed E-state index contributed by atoms with van der Waals surface area (Å²) >= 11 is 0. The van der Waals surface area contributed by atoms with Gasteiger partial charge in [0.05, 0.1) is 0 Å². The Morgan fingerprint density at radius 2 is 1.81 bits per heavy atom. The predicted molar refractivity (Wildman–Crippen MR) is 114 cm³/mol. The number of hydrogen-bond donors (Lipinski definition) is 5. The first-order valence-electron chi connectivity index (χ1n) is 10.4. The molecule has 9 nitrogen and oxygen atoms in total. The monoisotopic (exact) mass is 447 g/mol. The molecular formula is C23H29NO8. The van der Waals surface area contributed by atoms with E-state index in [1.165, 1.54) is 0 Å². The summed E-state index contributed by atoms with van der Waals surface area (Å²) in [4.78, 5) is 11.3. The maximum Gasteiger partial charge on any atom is 0.335 e. The molecule has 6 unspecified atom stereocenters. The number of ether oxygens (including phenoxy) is 3. The third-order valence-electron chi connectivity index (χ3n) is 5.31. The fourth-order valence-corrected chi connectivity index (χ4v) is 3.50. The molecule has 5 N–H and O–H groups in total. The Bertz CT molecular complexity index is 893. The van der Waals surface area contributed by atoms with Crippen LogP contribution in [0.5, 0.6) is 11.5 Å². The van der Waals surface area contributed by atoms with Gasteiger partial charge in [0.15, 0.2) is 6.10 Å². The molecule has 0 spiro atoms. The van der Waals surface area contributed by atoms with Crippen molar-refractivity contribution in [3.8, 4) is 11.5 Å². The summed E-state index contributed by atoms with van der Waals surface area (Å²) in [5, 5.41) is 42.2. The number of benzene rings is 2. The second kappa shape index (κ2) is 10.8. The van der Waals surface area contributed by atoms with E-state index in [-0.39, 0.29) is 11.9 Å². The number of aliphatic hydroxyl groups excluding tert-OH is 3. The van der Waals surface area contributed by atoms with Gasteiger partial charge in [-0.15, -0.1) is 0 Å². The van der Waals surface area contributed by atoms with Crippen molar-refractivity contribution in [1.82, 2.24) is 5.32 Å². The van der Waals surface area contributed by atoms with Crippen LogP contribution < -0.4 is 14.8 Å². The Balaban J connectivity index is 1.73. The van der Waals surface area contributed by atoms with Gasteiger partial charge in [0.2, 0.25) is 6.29 Å². The summed E-state index contributed by atoms with van der Waals surface area (Å²) in [6.45, 7) is 2.61. The molecule has 174 valence electrons. The number of carboxylic acid groups (broad SMARTS) is 1. The molecule has 0 bridgehead atoms. The van der Waals surface area contributed by atoms with Crippen LogP contribution in [-0.2, 0) is 9.53 Å². The highest BCUT2D eigenvalue weighted by Crippen LogP contribution is 2.31. The minimum Gasteiger partial charge on any atom is -0.485 e. The van der Waals surface area contributed by atoms with E-state index < -0.39 is 36.7 Å². The van der Waals surface area contributed by atoms with Gasteiger partial charge in [-0.25, -0.2) is 4.79 Å². The second-order valence-corrected chi connectivity index (χ2v) is 7.69. The van der Waals surface area contributed by atoms with Crippen molar-refractivity contribution in [2.75, 3.05) is 13.6 Å². The summed E-state index contributed by atoms with van der Waals surface area (Å²) < 4.78 is 17.0. The van der Waals surface area contributed by atoms with E-state index in [0.29, 0.717) is 5.75 Å². The van der Waals surface area contributed by atoms with Crippen molar-refractivity contribution in [2.24, 2.45) is 0 Å². The van der Waals surface area contributed by atoms with Crippen LogP contribution in [0.2, 0.25) is 0 Å². The Morgan fingerprint density at radius 1 is 1.09 bits per heavy atom. The topological polar surface area (TPSA) is 138 Å². The zero-order valence-corrected chi connectivity index (χ0v) is 17.9. The fraction of sp³-hybridized carbons (Fsp3) is 0.435. The minimum atomic E-state index is -1.77. The lowest BCUT2D eigenvalue weighted by atomic mass is 9.99. The SMILES string of the molecule is CNCCC(Oc1ccc(OC2OC(C(=O)O)C(O)C(O)C2O)cc1C)c1ccccc1. The molecule has 0 aromatic heterocycles. The summed E-state index contributed by atoms with van der Waals surface area (Å²) in [6.07, 6.45) is -7.71. The molecule has 32 heavy (non-hydrogen) atoms. The molecule has 0 radical (unpaired) electrons. The van der Waals surface area contributed by atoms with Gasteiger partial charge in [-0.05, 0) is 49.8 Å². The average molecular weight is 447 g/mol. The Hall–Kier alpha value is -2.69. The first kappa shape index (κ1) is 24.0. The molecule has 1 aliphatic heterocycles. The number of carboxylic acids is 1. The molecule has 1 aliphatic rings. The summed E-state index contributed by atoms with van der Waals surface area (Å²) in [7, 11) is 1.88. The maximum absolute atomic E-state index is 11.3. The standard InChI is InChI=1S/C23H29NO8/c1-13-12-15(30-23-20(27)18(25)19(26)21(32-23)22(28)29)8-9-16(13)31-17(10-11-24-2)14-6-4-3-5-7-14/h3-9,12,17-21,23-27H,10-11H2,1-2H3,(H,28,29). The number of aliphatic carboxylic acids is 1. The van der Waals surface area contributed by atoms with E-state index in [2.05, 4.69) is 5.32 Å². The summed E-state index contributed by atoms with van der Waals surface area (Å²) in [6, 6.07) is 14.9. The Kier molecular flexibility index (Phi) is 8.05. The molecule has 0 amide bonds. The first-order valence-corrected chi connectivity index (χ1v) is 10.4. The molecule has 1 fully saturated rings. The quantitative estimate of drug-likeness (QED) is 0.381. The van der Waals surface area contributed by atoms with Gasteiger partial charge >= 0.3 is 5.97 Å². The lowest BCUT2D eigenvalue weighted by Crippen LogP contribution is -2.61. The van der Waals surface area contributed by atoms with E-state index in [1.54, 1.807) is 18.2 Å². The van der Waals surface area contributed by atoms with Gasteiger partial charge in [-0.3, -0.25) is 0 Å². The van der Waals surface area contributed by atoms with Crippen molar-refractivity contribution in [1.29, 1.82) is 0 Å². The normalized spacial score (nSPS) is 26.3. The van der Waals surface area contributed by atoms with Crippen LogP contribution in [0.4, 0.5) is 0 Å². The fourth-order valence-electron chi connectivity index (χ4n) is 3.50. The number of aryl methyl sites for hydroxylation is 1. The van der Waals surface area contributed by atoms with Gasteiger partial charge in [-0.1, -0.05) is 30.3 Å². The Labute approximate surface area is 186 Å². The number of nitrogens with one attached hydrogen (secondary N) is 1. The zero-order chi connectivity index (χ0) is 23.3. The number of aliphatic hydroxyl groups is 3. The van der Waals surface area contributed by atoms with Crippen LogP contribution in [0.25, 0.3) is 0 Å². The number of rotatable bonds is 9. The molecule has 3 rings (SSSR count). The van der Waals surface area contributed by atoms with Crippen molar-refractivity contribution in [2.45, 2.75) is 50.2 Å². The predicted octanol–water partition coefficient (Wildman–Crippen LogP) is 0.996. The van der Waals surface area contributed by atoms with Gasteiger partial charge in [0, 0.05) is 6.42 Å². The van der Waals surface area contributed by atoms with E-state index in [0.717, 1.165) is 24.1 Å². The van der Waals surface area contributed by atoms with Crippen LogP contribution >= 0.6 is 0 Å². The lowest BCUT2D eigenvalue weighted by Gasteiger charge is -2.38. The molecule has 1 heterocycles. The highest BCUT2D eigenvalue weighted by atomic mass is 16.7. The van der Waals surface area contributed by atoms with Crippen LogP contribution in [0, 0.1) is 6.92 Å². The van der Waals surface area contributed by atoms with Gasteiger partial charge in [0.1, 0.15) is 35.9 Å². The summed E-state index contributed by atoms with van der Waals surface area (Å²) in [5.41, 5.74) is 1.81. The number of hydrogen-bond acceptors (Lipinski definition) is 8. The van der Waals surface area contributed by atoms with Crippen molar-refractivity contribution < 1.29 is 39.4 Å². The molecule has 1 saturated heterocycles. The average Bonchev–Trinajstić information content (AvgIpc) is 2.78. The van der Waals surface area contributed by atoms with E-state index >= 15 is 0 Å². The minimum absolute atomic E-state index is 0.162. The molecule has 0 aliphatic carbocycles. The molecule has 2 aromatic carbocycles. The van der Waals surface area contributed by atoms with E-state index in [9.17, 15) is 20.1 Å².